The minimum absolute atomic E-state index is 0.117. The van der Waals surface area contributed by atoms with Crippen molar-refractivity contribution in [1.82, 2.24) is 5.32 Å². The zero-order chi connectivity index (χ0) is 20.5. The molecule has 150 valence electrons. The third-order valence-corrected chi connectivity index (χ3v) is 6.47. The number of amides is 1. The lowest BCUT2D eigenvalue weighted by Crippen LogP contribution is -2.45. The van der Waals surface area contributed by atoms with Crippen molar-refractivity contribution in [2.45, 2.75) is 24.5 Å². The first-order valence-corrected chi connectivity index (χ1v) is 10.7. The van der Waals surface area contributed by atoms with E-state index in [1.54, 1.807) is 24.3 Å². The van der Waals surface area contributed by atoms with Gasteiger partial charge in [-0.3, -0.25) is 4.79 Å². The van der Waals surface area contributed by atoms with Crippen molar-refractivity contribution >= 4 is 59.4 Å². The maximum Gasteiger partial charge on any atom is 0.269 e. The Morgan fingerprint density at radius 2 is 2.18 bits per heavy atom. The Morgan fingerprint density at radius 1 is 1.43 bits per heavy atom. The second kappa shape index (κ2) is 8.56. The van der Waals surface area contributed by atoms with Crippen LogP contribution in [0.25, 0.3) is 0 Å². The van der Waals surface area contributed by atoms with Crippen LogP contribution in [0.15, 0.2) is 48.6 Å². The predicted octanol–water partition coefficient (Wildman–Crippen LogP) is 3.23. The molecule has 0 radical (unpaired) electrons. The Bertz CT molecular complexity index is 899. The lowest BCUT2D eigenvalue weighted by molar-refractivity contribution is -0.114. The molecule has 0 bridgehead atoms. The zero-order valence-corrected chi connectivity index (χ0v) is 19.5. The van der Waals surface area contributed by atoms with Crippen LogP contribution in [-0.2, 0) is 20.8 Å². The number of ether oxygens (including phenoxy) is 1. The summed E-state index contributed by atoms with van der Waals surface area (Å²) in [4.78, 5) is 17.9. The standard InChI is InChI=1S/C18H17Br3N2O5/c1-27-15-11(20)7-18(16(25)14(15)21)8-12(23-28-18)17(26)22-5-4-9-2-3-13(24)10(19)6-9/h2-3,6-7,16,24-25H,4-5,8H2,1H3,(H,22,26)/t16-,18+/m0/s1. The largest absolute Gasteiger partial charge is 0.507 e. The van der Waals surface area contributed by atoms with Crippen LogP contribution in [-0.4, -0.2) is 47.2 Å². The molecule has 2 atom stereocenters. The van der Waals surface area contributed by atoms with E-state index in [9.17, 15) is 15.0 Å². The minimum atomic E-state index is -1.17. The number of halogens is 3. The number of carbonyl (C=O) groups is 1. The van der Waals surface area contributed by atoms with Gasteiger partial charge in [-0.1, -0.05) is 11.2 Å². The maximum atomic E-state index is 12.4. The molecule has 1 spiro atoms. The van der Waals surface area contributed by atoms with Gasteiger partial charge in [0.2, 0.25) is 0 Å². The lowest BCUT2D eigenvalue weighted by Gasteiger charge is -2.33. The van der Waals surface area contributed by atoms with Gasteiger partial charge in [0.1, 0.15) is 23.3 Å². The molecule has 7 nitrogen and oxygen atoms in total. The van der Waals surface area contributed by atoms with Crippen molar-refractivity contribution in [2.75, 3.05) is 13.7 Å². The van der Waals surface area contributed by atoms with Gasteiger partial charge in [0.25, 0.3) is 5.91 Å². The van der Waals surface area contributed by atoms with Crippen molar-refractivity contribution in [3.8, 4) is 5.75 Å². The van der Waals surface area contributed by atoms with E-state index >= 15 is 0 Å². The van der Waals surface area contributed by atoms with E-state index in [1.807, 2.05) is 0 Å². The molecule has 0 fully saturated rings. The highest BCUT2D eigenvalue weighted by molar-refractivity contribution is 9.12. The molecule has 3 rings (SSSR count). The van der Waals surface area contributed by atoms with Crippen LogP contribution < -0.4 is 5.32 Å². The number of phenols is 1. The highest BCUT2D eigenvalue weighted by atomic mass is 79.9. The first kappa shape index (κ1) is 21.4. The molecular formula is C18H17Br3N2O5. The number of aromatic hydroxyl groups is 1. The number of hydrogen-bond acceptors (Lipinski definition) is 6. The van der Waals surface area contributed by atoms with Crippen LogP contribution in [0.2, 0.25) is 0 Å². The number of phenolic OH excluding ortho intramolecular Hbond substituents is 1. The Labute approximate surface area is 186 Å². The van der Waals surface area contributed by atoms with E-state index < -0.39 is 11.7 Å². The number of aliphatic hydroxyl groups is 1. The first-order valence-electron chi connectivity index (χ1n) is 8.28. The van der Waals surface area contributed by atoms with Crippen LogP contribution >= 0.6 is 47.8 Å². The van der Waals surface area contributed by atoms with Crippen molar-refractivity contribution in [3.05, 3.63) is 49.0 Å². The van der Waals surface area contributed by atoms with E-state index in [2.05, 4.69) is 58.3 Å². The van der Waals surface area contributed by atoms with Gasteiger partial charge in [-0.15, -0.1) is 0 Å². The highest BCUT2D eigenvalue weighted by Gasteiger charge is 2.50. The van der Waals surface area contributed by atoms with Gasteiger partial charge in [-0.25, -0.2) is 0 Å². The van der Waals surface area contributed by atoms with E-state index in [-0.39, 0.29) is 23.8 Å². The number of nitrogens with one attached hydrogen (secondary N) is 1. The van der Waals surface area contributed by atoms with Crippen LogP contribution in [0.5, 0.6) is 5.75 Å². The van der Waals surface area contributed by atoms with Gasteiger partial charge in [0.05, 0.1) is 20.5 Å². The fraction of sp³-hybridized carbons (Fsp3) is 0.333. The summed E-state index contributed by atoms with van der Waals surface area (Å²) in [5.74, 6) is 0.265. The monoisotopic (exact) mass is 578 g/mol. The van der Waals surface area contributed by atoms with E-state index in [0.29, 0.717) is 32.2 Å². The highest BCUT2D eigenvalue weighted by Crippen LogP contribution is 2.43. The second-order valence-corrected chi connectivity index (χ2v) is 8.89. The van der Waals surface area contributed by atoms with Gasteiger partial charge in [-0.05, 0) is 78.0 Å². The van der Waals surface area contributed by atoms with Crippen LogP contribution in [0.1, 0.15) is 12.0 Å². The van der Waals surface area contributed by atoms with Gasteiger partial charge in [0.15, 0.2) is 5.60 Å². The average Bonchev–Trinajstić information content (AvgIpc) is 3.08. The summed E-state index contributed by atoms with van der Waals surface area (Å²) in [6.07, 6.45) is 1.29. The molecule has 1 amide bonds. The van der Waals surface area contributed by atoms with E-state index in [0.717, 1.165) is 5.56 Å². The topological polar surface area (TPSA) is 100 Å². The maximum absolute atomic E-state index is 12.4. The molecule has 28 heavy (non-hydrogen) atoms. The second-order valence-electron chi connectivity index (χ2n) is 6.33. The Kier molecular flexibility index (Phi) is 6.53. The fourth-order valence-corrected chi connectivity index (χ4v) is 5.17. The molecule has 10 heteroatoms. The quantitative estimate of drug-likeness (QED) is 0.497. The summed E-state index contributed by atoms with van der Waals surface area (Å²) in [6, 6.07) is 5.17. The smallest absolute Gasteiger partial charge is 0.269 e. The lowest BCUT2D eigenvalue weighted by atomic mass is 9.87. The molecule has 0 saturated heterocycles. The summed E-state index contributed by atoms with van der Waals surface area (Å²) in [6.45, 7) is 0.390. The number of rotatable bonds is 5. The van der Waals surface area contributed by atoms with Gasteiger partial charge in [0, 0.05) is 13.0 Å². The molecule has 1 aliphatic carbocycles. The third-order valence-electron chi connectivity index (χ3n) is 4.45. The Balaban J connectivity index is 1.60. The molecule has 2 aliphatic rings. The summed E-state index contributed by atoms with van der Waals surface area (Å²) >= 11 is 9.97. The molecule has 0 aromatic heterocycles. The SMILES string of the molecule is COC1=C(Br)[C@H](O)[C@@]2(C=C1Br)CC(C(=O)NCCc1ccc(O)c(Br)c1)=NO2. The van der Waals surface area contributed by atoms with Crippen molar-refractivity contribution in [1.29, 1.82) is 0 Å². The van der Waals surface area contributed by atoms with Crippen molar-refractivity contribution in [2.24, 2.45) is 5.16 Å². The predicted molar refractivity (Wildman–Crippen MR) is 114 cm³/mol. The molecule has 0 saturated carbocycles. The number of nitrogens with zero attached hydrogens (tertiary/aromatic N) is 1. The van der Waals surface area contributed by atoms with Gasteiger partial charge in [-0.2, -0.15) is 0 Å². The average molecular weight is 581 g/mol. The molecule has 1 aromatic carbocycles. The fourth-order valence-electron chi connectivity index (χ4n) is 2.95. The third kappa shape index (κ3) is 4.14. The van der Waals surface area contributed by atoms with Crippen LogP contribution in [0, 0.1) is 0 Å². The molecule has 1 aromatic rings. The summed E-state index contributed by atoms with van der Waals surface area (Å²) in [7, 11) is 1.49. The first-order chi connectivity index (χ1) is 13.3. The number of carbonyl (C=O) groups excluding carboxylic acids is 1. The molecule has 1 aliphatic heterocycles. The Morgan fingerprint density at radius 3 is 2.86 bits per heavy atom. The van der Waals surface area contributed by atoms with E-state index in [1.165, 1.54) is 7.11 Å². The molecule has 1 heterocycles. The molecule has 0 unspecified atom stereocenters. The van der Waals surface area contributed by atoms with Crippen molar-refractivity contribution in [3.63, 3.8) is 0 Å². The summed E-state index contributed by atoms with van der Waals surface area (Å²) < 4.78 is 6.86. The number of allylic oxidation sites excluding steroid dienone is 1. The summed E-state index contributed by atoms with van der Waals surface area (Å²) in [5.41, 5.74) is -0.0146. The number of aliphatic hydroxyl groups excluding tert-OH is 1. The zero-order valence-electron chi connectivity index (χ0n) is 14.7. The van der Waals surface area contributed by atoms with Crippen LogP contribution in [0.4, 0.5) is 0 Å². The summed E-state index contributed by atoms with van der Waals surface area (Å²) in [5, 5.41) is 26.8. The number of hydrogen-bond donors (Lipinski definition) is 3. The van der Waals surface area contributed by atoms with E-state index in [4.69, 9.17) is 9.57 Å². The van der Waals surface area contributed by atoms with Gasteiger partial charge < -0.3 is 25.1 Å². The van der Waals surface area contributed by atoms with Crippen LogP contribution in [0.3, 0.4) is 0 Å². The minimum Gasteiger partial charge on any atom is -0.507 e. The number of benzene rings is 1. The Hall–Kier alpha value is -1.36. The number of methoxy groups -OCH3 is 1. The number of oxime groups is 1. The normalized spacial score (nSPS) is 24.0. The molecular weight excluding hydrogens is 564 g/mol. The van der Waals surface area contributed by atoms with Gasteiger partial charge >= 0.3 is 0 Å². The molecule has 3 N–H and O–H groups in total. The van der Waals surface area contributed by atoms with Crippen molar-refractivity contribution < 1.29 is 24.6 Å².